The molecule has 0 aromatic heterocycles. The first-order valence-electron chi connectivity index (χ1n) is 14.0. The number of carbonyl (C=O) groups is 3. The lowest BCUT2D eigenvalue weighted by Gasteiger charge is -2.47. The van der Waals surface area contributed by atoms with Crippen molar-refractivity contribution in [2.24, 2.45) is 0 Å². The molecule has 4 amide bonds. The summed E-state index contributed by atoms with van der Waals surface area (Å²) in [6.07, 6.45) is 3.01. The van der Waals surface area contributed by atoms with Crippen LogP contribution in [0.5, 0.6) is 0 Å². The summed E-state index contributed by atoms with van der Waals surface area (Å²) < 4.78 is 0. The van der Waals surface area contributed by atoms with Crippen LogP contribution >= 0.6 is 0 Å². The van der Waals surface area contributed by atoms with E-state index in [-0.39, 0.29) is 24.7 Å². The van der Waals surface area contributed by atoms with E-state index in [1.165, 1.54) is 10.5 Å². The summed E-state index contributed by atoms with van der Waals surface area (Å²) in [7, 11) is 0. The molecule has 0 saturated carbocycles. The van der Waals surface area contributed by atoms with Gasteiger partial charge in [0.15, 0.2) is 6.04 Å². The Labute approximate surface area is 234 Å². The fourth-order valence-electron chi connectivity index (χ4n) is 6.67. The highest BCUT2D eigenvalue weighted by Gasteiger charge is 2.54. The lowest BCUT2D eigenvalue weighted by Crippen LogP contribution is -2.67. The van der Waals surface area contributed by atoms with Crippen molar-refractivity contribution >= 4 is 29.4 Å². The second kappa shape index (κ2) is 10.7. The zero-order valence-electron chi connectivity index (χ0n) is 22.6. The highest BCUT2D eigenvalue weighted by atomic mass is 16.4. The maximum Gasteiger partial charge on any atom is 0.329 e. The zero-order valence-corrected chi connectivity index (χ0v) is 22.6. The molecule has 40 heavy (non-hydrogen) atoms. The summed E-state index contributed by atoms with van der Waals surface area (Å²) in [4.78, 5) is 47.8. The molecule has 0 aliphatic carbocycles. The van der Waals surface area contributed by atoms with Gasteiger partial charge in [0.1, 0.15) is 0 Å². The van der Waals surface area contributed by atoms with Gasteiger partial charge in [0.25, 0.3) is 0 Å². The third-order valence-electron chi connectivity index (χ3n) is 8.55. The molecule has 0 radical (unpaired) electrons. The lowest BCUT2D eigenvalue weighted by molar-refractivity contribution is -0.145. The predicted molar refractivity (Wildman–Crippen MR) is 152 cm³/mol. The number of aliphatic carboxylic acids is 1. The van der Waals surface area contributed by atoms with Gasteiger partial charge in [0.2, 0.25) is 0 Å². The first kappa shape index (κ1) is 25.9. The maximum absolute atomic E-state index is 14.2. The SMILES string of the molecule is Cc1ccc(C2CCCN2C(=O)N2[C@H]3CC[C@@H]2[C@@H](C(=O)O)N(C(=O)N(c2ccccc2)c2ccccc2)C3)cc1. The van der Waals surface area contributed by atoms with E-state index < -0.39 is 24.1 Å². The topological polar surface area (TPSA) is 84.4 Å². The van der Waals surface area contributed by atoms with E-state index in [0.29, 0.717) is 30.8 Å². The third-order valence-corrected chi connectivity index (χ3v) is 8.55. The number of benzene rings is 3. The molecule has 3 heterocycles. The number of likely N-dealkylation sites (tertiary alicyclic amines) is 2. The van der Waals surface area contributed by atoms with Gasteiger partial charge in [0.05, 0.1) is 29.5 Å². The Hall–Kier alpha value is -4.33. The molecule has 3 aliphatic heterocycles. The van der Waals surface area contributed by atoms with E-state index >= 15 is 0 Å². The van der Waals surface area contributed by atoms with E-state index in [1.54, 1.807) is 9.80 Å². The van der Waals surface area contributed by atoms with E-state index in [4.69, 9.17) is 0 Å². The number of nitrogens with zero attached hydrogens (tertiary/aromatic N) is 4. The average Bonchev–Trinajstić information content (AvgIpc) is 3.57. The number of urea groups is 2. The van der Waals surface area contributed by atoms with Crippen LogP contribution in [-0.2, 0) is 4.79 Å². The molecule has 4 atom stereocenters. The van der Waals surface area contributed by atoms with Crippen LogP contribution in [0.2, 0.25) is 0 Å². The van der Waals surface area contributed by atoms with Crippen LogP contribution in [0.25, 0.3) is 0 Å². The quantitative estimate of drug-likeness (QED) is 0.454. The molecule has 3 aromatic carbocycles. The van der Waals surface area contributed by atoms with Crippen LogP contribution in [0.4, 0.5) is 21.0 Å². The number of carboxylic acids is 1. The van der Waals surface area contributed by atoms with Crippen LogP contribution in [-0.4, -0.2) is 69.1 Å². The molecule has 8 nitrogen and oxygen atoms in total. The Morgan fingerprint density at radius 2 is 1.43 bits per heavy atom. The summed E-state index contributed by atoms with van der Waals surface area (Å²) in [5, 5.41) is 10.5. The number of rotatable bonds is 4. The number of piperazine rings is 1. The Morgan fingerprint density at radius 3 is 2.02 bits per heavy atom. The minimum absolute atomic E-state index is 0.0258. The van der Waals surface area contributed by atoms with Gasteiger partial charge >= 0.3 is 18.0 Å². The van der Waals surface area contributed by atoms with Crippen molar-refractivity contribution in [1.82, 2.24) is 14.7 Å². The number of hydrogen-bond donors (Lipinski definition) is 1. The van der Waals surface area contributed by atoms with Crippen molar-refractivity contribution in [1.29, 1.82) is 0 Å². The fourth-order valence-corrected chi connectivity index (χ4v) is 6.67. The van der Waals surface area contributed by atoms with Crippen molar-refractivity contribution in [3.8, 4) is 0 Å². The summed E-state index contributed by atoms with van der Waals surface area (Å²) in [5.74, 6) is -1.09. The molecule has 2 bridgehead atoms. The molecular formula is C32H34N4O4. The summed E-state index contributed by atoms with van der Waals surface area (Å²) >= 11 is 0. The summed E-state index contributed by atoms with van der Waals surface area (Å²) in [6.45, 7) is 2.86. The van der Waals surface area contributed by atoms with Crippen molar-refractivity contribution in [3.05, 3.63) is 96.1 Å². The molecule has 206 valence electrons. The zero-order chi connectivity index (χ0) is 27.8. The Bertz CT molecular complexity index is 1340. The predicted octanol–water partition coefficient (Wildman–Crippen LogP) is 5.81. The molecule has 3 fully saturated rings. The maximum atomic E-state index is 14.2. The van der Waals surface area contributed by atoms with Crippen molar-refractivity contribution < 1.29 is 19.5 Å². The summed E-state index contributed by atoms with van der Waals surface area (Å²) in [5.41, 5.74) is 3.59. The van der Waals surface area contributed by atoms with E-state index in [9.17, 15) is 19.5 Å². The van der Waals surface area contributed by atoms with Crippen LogP contribution < -0.4 is 4.90 Å². The Balaban J connectivity index is 1.30. The second-order valence-corrected chi connectivity index (χ2v) is 11.0. The van der Waals surface area contributed by atoms with Gasteiger partial charge in [-0.1, -0.05) is 66.2 Å². The first-order chi connectivity index (χ1) is 19.4. The highest BCUT2D eigenvalue weighted by Crippen LogP contribution is 2.40. The molecular weight excluding hydrogens is 504 g/mol. The number of carbonyl (C=O) groups excluding carboxylic acids is 2. The minimum atomic E-state index is -1.13. The smallest absolute Gasteiger partial charge is 0.329 e. The van der Waals surface area contributed by atoms with Gasteiger partial charge in [-0.25, -0.2) is 14.4 Å². The van der Waals surface area contributed by atoms with Gasteiger partial charge in [-0.05, 0) is 62.4 Å². The van der Waals surface area contributed by atoms with Gasteiger partial charge in [-0.3, -0.25) is 4.90 Å². The standard InChI is InChI=1S/C32H34N4O4/c1-22-14-16-23(17-15-22)27-13-8-20-33(27)31(39)36-26-18-19-28(36)29(30(37)38)34(21-26)32(40)35(24-9-4-2-5-10-24)25-11-6-3-7-12-25/h2-7,9-12,14-17,26-29H,8,13,18-21H2,1H3,(H,37,38)/t26-,27?,28+,29-/m0/s1. The van der Waals surface area contributed by atoms with E-state index in [0.717, 1.165) is 18.4 Å². The number of aryl methyl sites for hydroxylation is 1. The molecule has 6 rings (SSSR count). The molecule has 3 aromatic rings. The van der Waals surface area contributed by atoms with Crippen LogP contribution in [0, 0.1) is 6.92 Å². The van der Waals surface area contributed by atoms with E-state index in [1.807, 2.05) is 72.5 Å². The Morgan fingerprint density at radius 1 is 0.800 bits per heavy atom. The number of amides is 4. The molecule has 1 unspecified atom stereocenters. The third kappa shape index (κ3) is 4.57. The van der Waals surface area contributed by atoms with Gasteiger partial charge < -0.3 is 19.8 Å². The number of anilines is 2. The minimum Gasteiger partial charge on any atom is -0.480 e. The molecule has 3 saturated heterocycles. The molecule has 1 N–H and O–H groups in total. The normalized spacial score (nSPS) is 23.8. The van der Waals surface area contributed by atoms with Crippen molar-refractivity contribution in [2.45, 2.75) is 56.8 Å². The van der Waals surface area contributed by atoms with Crippen LogP contribution in [0.15, 0.2) is 84.9 Å². The van der Waals surface area contributed by atoms with Crippen LogP contribution in [0.1, 0.15) is 42.9 Å². The van der Waals surface area contributed by atoms with E-state index in [2.05, 4.69) is 24.3 Å². The fraction of sp³-hybridized carbons (Fsp3) is 0.344. The lowest BCUT2D eigenvalue weighted by atomic mass is 10.0. The van der Waals surface area contributed by atoms with Crippen molar-refractivity contribution in [2.75, 3.05) is 18.0 Å². The van der Waals surface area contributed by atoms with Gasteiger partial charge in [-0.2, -0.15) is 0 Å². The summed E-state index contributed by atoms with van der Waals surface area (Å²) in [6, 6.07) is 24.4. The second-order valence-electron chi connectivity index (χ2n) is 11.0. The monoisotopic (exact) mass is 538 g/mol. The number of fused-ring (bicyclic) bond motifs is 2. The number of carboxylic acid groups (broad SMARTS) is 1. The largest absolute Gasteiger partial charge is 0.480 e. The molecule has 0 spiro atoms. The van der Waals surface area contributed by atoms with Gasteiger partial charge in [0, 0.05) is 13.1 Å². The first-order valence-corrected chi connectivity index (χ1v) is 14.0. The van der Waals surface area contributed by atoms with Crippen molar-refractivity contribution in [3.63, 3.8) is 0 Å². The average molecular weight is 539 g/mol. The highest BCUT2D eigenvalue weighted by molar-refractivity contribution is 6.01. The number of para-hydroxylation sites is 2. The Kier molecular flexibility index (Phi) is 6.92. The number of hydrogen-bond acceptors (Lipinski definition) is 3. The van der Waals surface area contributed by atoms with Gasteiger partial charge in [-0.15, -0.1) is 0 Å². The molecule has 3 aliphatic rings. The van der Waals surface area contributed by atoms with Crippen LogP contribution in [0.3, 0.4) is 0 Å². The molecule has 8 heteroatoms.